The van der Waals surface area contributed by atoms with Crippen molar-refractivity contribution in [3.8, 4) is 0 Å². The molecule has 1 fully saturated rings. The summed E-state index contributed by atoms with van der Waals surface area (Å²) in [7, 11) is 0. The summed E-state index contributed by atoms with van der Waals surface area (Å²) in [5, 5.41) is 0.913. The van der Waals surface area contributed by atoms with Crippen LogP contribution in [0.25, 0.3) is 0 Å². The van der Waals surface area contributed by atoms with Gasteiger partial charge in [0, 0.05) is 29.2 Å². The number of hydrogen-bond donors (Lipinski definition) is 0. The highest BCUT2D eigenvalue weighted by atomic mass is 35.5. The molecule has 0 bridgehead atoms. The van der Waals surface area contributed by atoms with E-state index < -0.39 is 0 Å². The van der Waals surface area contributed by atoms with Gasteiger partial charge in [0.15, 0.2) is 5.78 Å². The number of Topliss-reactive ketones (excluding diaryl/α,β-unsaturated/α-hetero) is 1. The number of hydrogen-bond acceptors (Lipinski definition) is 3. The molecular weight excluding hydrogens is 301 g/mol. The number of halogens is 2. The number of thioether (sulfide) groups is 1. The normalized spacial score (nSPS) is 19.4. The van der Waals surface area contributed by atoms with Crippen molar-refractivity contribution in [3.63, 3.8) is 0 Å². The van der Waals surface area contributed by atoms with Crippen molar-refractivity contribution < 1.29 is 4.79 Å². The molecule has 19 heavy (non-hydrogen) atoms. The Bertz CT molecular complexity index is 490. The lowest BCUT2D eigenvalue weighted by molar-refractivity contribution is 0.0927. The van der Waals surface area contributed by atoms with Crippen LogP contribution in [0.3, 0.4) is 0 Å². The van der Waals surface area contributed by atoms with Crippen LogP contribution in [0.1, 0.15) is 24.2 Å². The lowest BCUT2D eigenvalue weighted by atomic mass is 10.1. The molecule has 0 N–H and O–H groups in total. The maximum Gasteiger partial charge on any atom is 0.176 e. The third-order valence-corrected chi connectivity index (χ3v) is 5.15. The molecule has 1 aromatic rings. The van der Waals surface area contributed by atoms with Crippen molar-refractivity contribution in [1.29, 1.82) is 0 Å². The van der Waals surface area contributed by atoms with E-state index in [1.165, 1.54) is 0 Å². The molecular formula is C14H17Cl2NOS. The van der Waals surface area contributed by atoms with Gasteiger partial charge in [-0.1, -0.05) is 23.2 Å². The molecule has 2 rings (SSSR count). The van der Waals surface area contributed by atoms with Gasteiger partial charge in [-0.15, -0.1) is 0 Å². The van der Waals surface area contributed by atoms with Gasteiger partial charge in [0.2, 0.25) is 0 Å². The van der Waals surface area contributed by atoms with Crippen molar-refractivity contribution in [3.05, 3.63) is 33.8 Å². The van der Waals surface area contributed by atoms with Crippen LogP contribution in [-0.2, 0) is 0 Å². The Balaban J connectivity index is 2.02. The van der Waals surface area contributed by atoms with Crippen LogP contribution in [0, 0.1) is 0 Å². The maximum atomic E-state index is 12.2. The van der Waals surface area contributed by atoms with E-state index in [2.05, 4.69) is 18.7 Å². The van der Waals surface area contributed by atoms with E-state index in [4.69, 9.17) is 23.2 Å². The molecule has 1 aliphatic rings. The highest BCUT2D eigenvalue weighted by Gasteiger charge is 2.28. The van der Waals surface area contributed by atoms with Gasteiger partial charge in [-0.2, -0.15) is 11.8 Å². The highest BCUT2D eigenvalue weighted by Crippen LogP contribution is 2.29. The van der Waals surface area contributed by atoms with Gasteiger partial charge in [0.1, 0.15) is 0 Å². The van der Waals surface area contributed by atoms with Crippen LogP contribution in [-0.4, -0.2) is 40.8 Å². The SMILES string of the molecule is CC1(C)CN(CC(=O)c2ccc(Cl)c(Cl)c2)CCS1. The third-order valence-electron chi connectivity index (χ3n) is 3.11. The van der Waals surface area contributed by atoms with E-state index >= 15 is 0 Å². The van der Waals surface area contributed by atoms with Crippen molar-refractivity contribution >= 4 is 40.7 Å². The Morgan fingerprint density at radius 2 is 2.11 bits per heavy atom. The standard InChI is InChI=1S/C14H17Cl2NOS/c1-14(2)9-17(5-6-19-14)8-13(18)10-3-4-11(15)12(16)7-10/h3-4,7H,5-6,8-9H2,1-2H3. The molecule has 1 saturated heterocycles. The van der Waals surface area contributed by atoms with Crippen molar-refractivity contribution in [2.45, 2.75) is 18.6 Å². The van der Waals surface area contributed by atoms with Crippen molar-refractivity contribution in [2.24, 2.45) is 0 Å². The van der Waals surface area contributed by atoms with Crippen molar-refractivity contribution in [2.75, 3.05) is 25.4 Å². The molecule has 0 aliphatic carbocycles. The minimum atomic E-state index is 0.0984. The largest absolute Gasteiger partial charge is 0.294 e. The molecule has 0 atom stereocenters. The third kappa shape index (κ3) is 4.12. The quantitative estimate of drug-likeness (QED) is 0.786. The van der Waals surface area contributed by atoms with E-state index in [0.717, 1.165) is 18.8 Å². The molecule has 0 unspecified atom stereocenters. The van der Waals surface area contributed by atoms with Crippen molar-refractivity contribution in [1.82, 2.24) is 4.90 Å². The van der Waals surface area contributed by atoms with Gasteiger partial charge in [-0.25, -0.2) is 0 Å². The Labute approximate surface area is 128 Å². The zero-order valence-corrected chi connectivity index (χ0v) is 13.4. The summed E-state index contributed by atoms with van der Waals surface area (Å²) >= 11 is 13.8. The van der Waals surface area contributed by atoms with Gasteiger partial charge in [0.25, 0.3) is 0 Å². The molecule has 0 amide bonds. The first-order valence-electron chi connectivity index (χ1n) is 6.22. The number of carbonyl (C=O) groups is 1. The summed E-state index contributed by atoms with van der Waals surface area (Å²) < 4.78 is 0.218. The first-order valence-corrected chi connectivity index (χ1v) is 7.96. The molecule has 0 aromatic heterocycles. The predicted molar refractivity (Wildman–Crippen MR) is 83.8 cm³/mol. The number of benzene rings is 1. The first kappa shape index (κ1) is 15.2. The highest BCUT2D eigenvalue weighted by molar-refractivity contribution is 8.00. The van der Waals surface area contributed by atoms with Crippen LogP contribution >= 0.6 is 35.0 Å². The minimum Gasteiger partial charge on any atom is -0.294 e. The molecule has 1 heterocycles. The van der Waals surface area contributed by atoms with E-state index in [0.29, 0.717) is 22.2 Å². The molecule has 0 spiro atoms. The number of carbonyl (C=O) groups excluding carboxylic acids is 1. The van der Waals surface area contributed by atoms with Gasteiger partial charge in [-0.3, -0.25) is 9.69 Å². The van der Waals surface area contributed by atoms with Crippen LogP contribution in [0.5, 0.6) is 0 Å². The average Bonchev–Trinajstić information content (AvgIpc) is 2.31. The van der Waals surface area contributed by atoms with Gasteiger partial charge in [-0.05, 0) is 32.0 Å². The summed E-state index contributed by atoms with van der Waals surface area (Å²) in [6.07, 6.45) is 0. The smallest absolute Gasteiger partial charge is 0.176 e. The molecule has 1 aliphatic heterocycles. The zero-order valence-electron chi connectivity index (χ0n) is 11.1. The molecule has 104 valence electrons. The van der Waals surface area contributed by atoms with Gasteiger partial charge >= 0.3 is 0 Å². The summed E-state index contributed by atoms with van der Waals surface area (Å²) in [5.41, 5.74) is 0.630. The minimum absolute atomic E-state index is 0.0984. The lowest BCUT2D eigenvalue weighted by Gasteiger charge is -2.37. The lowest BCUT2D eigenvalue weighted by Crippen LogP contribution is -2.45. The number of nitrogens with zero attached hydrogens (tertiary/aromatic N) is 1. The fraction of sp³-hybridized carbons (Fsp3) is 0.500. The molecule has 1 aromatic carbocycles. The van der Waals surface area contributed by atoms with Crippen LogP contribution < -0.4 is 0 Å². The predicted octanol–water partition coefficient (Wildman–Crippen LogP) is 4.00. The Morgan fingerprint density at radius 3 is 2.74 bits per heavy atom. The summed E-state index contributed by atoms with van der Waals surface area (Å²) in [4.78, 5) is 14.4. The van der Waals surface area contributed by atoms with Crippen LogP contribution in [0.4, 0.5) is 0 Å². The average molecular weight is 318 g/mol. The summed E-state index contributed by atoms with van der Waals surface area (Å²) in [5.74, 6) is 1.17. The molecule has 5 heteroatoms. The van der Waals surface area contributed by atoms with E-state index in [9.17, 15) is 4.79 Å². The first-order chi connectivity index (χ1) is 8.87. The van der Waals surface area contributed by atoms with Gasteiger partial charge < -0.3 is 0 Å². The van der Waals surface area contributed by atoms with Gasteiger partial charge in [0.05, 0.1) is 16.6 Å². The second-order valence-electron chi connectivity index (χ2n) is 5.37. The maximum absolute atomic E-state index is 12.2. The van der Waals surface area contributed by atoms with E-state index in [1.54, 1.807) is 18.2 Å². The molecule has 2 nitrogen and oxygen atoms in total. The number of rotatable bonds is 3. The summed E-state index contributed by atoms with van der Waals surface area (Å²) in [6, 6.07) is 5.06. The Hall–Kier alpha value is -0.220. The topological polar surface area (TPSA) is 20.3 Å². The second kappa shape index (κ2) is 6.04. The molecule has 0 radical (unpaired) electrons. The second-order valence-corrected chi connectivity index (χ2v) is 7.99. The Morgan fingerprint density at radius 1 is 1.37 bits per heavy atom. The summed E-state index contributed by atoms with van der Waals surface area (Å²) in [6.45, 7) is 6.77. The molecule has 0 saturated carbocycles. The van der Waals surface area contributed by atoms with Crippen LogP contribution in [0.2, 0.25) is 10.0 Å². The van der Waals surface area contributed by atoms with E-state index in [-0.39, 0.29) is 10.5 Å². The number of ketones is 1. The Kier molecular flexibility index (Phi) is 4.83. The zero-order chi connectivity index (χ0) is 14.0. The monoisotopic (exact) mass is 317 g/mol. The fourth-order valence-electron chi connectivity index (χ4n) is 2.21. The van der Waals surface area contributed by atoms with E-state index in [1.807, 2.05) is 11.8 Å². The fourth-order valence-corrected chi connectivity index (χ4v) is 3.69. The van der Waals surface area contributed by atoms with Crippen LogP contribution in [0.15, 0.2) is 18.2 Å².